The fourth-order valence-corrected chi connectivity index (χ4v) is 2.76. The third-order valence-corrected chi connectivity index (χ3v) is 3.68. The summed E-state index contributed by atoms with van der Waals surface area (Å²) >= 11 is 0. The third-order valence-electron chi connectivity index (χ3n) is 3.68. The Morgan fingerprint density at radius 3 is 2.77 bits per heavy atom. The van der Waals surface area contributed by atoms with E-state index in [0.29, 0.717) is 32.1 Å². The maximum absolute atomic E-state index is 12.2. The number of ether oxygens (including phenoxy) is 1. The molecule has 3 rings (SSSR count). The van der Waals surface area contributed by atoms with Gasteiger partial charge in [0.25, 0.3) is 6.01 Å². The molecule has 1 aliphatic heterocycles. The zero-order chi connectivity index (χ0) is 15.5. The fourth-order valence-electron chi connectivity index (χ4n) is 2.76. The van der Waals surface area contributed by atoms with Gasteiger partial charge in [-0.25, -0.2) is 0 Å². The molecule has 1 aromatic carbocycles. The molecule has 0 unspecified atom stereocenters. The van der Waals surface area contributed by atoms with Gasteiger partial charge in [-0.2, -0.15) is 4.98 Å². The van der Waals surface area contributed by atoms with Gasteiger partial charge in [0.05, 0.1) is 12.2 Å². The van der Waals surface area contributed by atoms with Crippen molar-refractivity contribution < 1.29 is 13.9 Å². The van der Waals surface area contributed by atoms with Gasteiger partial charge in [-0.05, 0) is 26.0 Å². The van der Waals surface area contributed by atoms with Crippen LogP contribution in [0, 0.1) is 0 Å². The van der Waals surface area contributed by atoms with Crippen LogP contribution >= 0.6 is 0 Å². The number of nitrogens with one attached hydrogen (secondary N) is 1. The highest BCUT2D eigenvalue weighted by Gasteiger charge is 2.25. The first-order valence-electron chi connectivity index (χ1n) is 7.64. The highest BCUT2D eigenvalue weighted by molar-refractivity contribution is 5.77. The summed E-state index contributed by atoms with van der Waals surface area (Å²) in [6.45, 7) is 5.81. The molecule has 118 valence electrons. The number of amides is 1. The van der Waals surface area contributed by atoms with Crippen molar-refractivity contribution in [3.05, 3.63) is 24.3 Å². The van der Waals surface area contributed by atoms with Crippen LogP contribution < -0.4 is 5.32 Å². The number of hydrogen-bond donors (Lipinski definition) is 1. The highest BCUT2D eigenvalue weighted by Crippen LogP contribution is 2.18. The number of benzene rings is 1. The molecule has 2 aromatic rings. The quantitative estimate of drug-likeness (QED) is 0.938. The lowest BCUT2D eigenvalue weighted by molar-refractivity contribution is -0.142. The average molecular weight is 303 g/mol. The standard InChI is InChI=1S/C16H21N3O3/c1-11-9-19(10-12(2)21-11)15(20)7-8-17-16-18-13-5-3-4-6-14(13)22-16/h3-6,11-12H,7-10H2,1-2H3,(H,17,18)/t11-,12+. The third kappa shape index (κ3) is 3.39. The number of morpholine rings is 1. The second-order valence-electron chi connectivity index (χ2n) is 5.72. The van der Waals surface area contributed by atoms with Gasteiger partial charge in [-0.1, -0.05) is 12.1 Å². The van der Waals surface area contributed by atoms with Gasteiger partial charge in [0.2, 0.25) is 5.91 Å². The average Bonchev–Trinajstić information content (AvgIpc) is 2.88. The van der Waals surface area contributed by atoms with Crippen LogP contribution in [0.4, 0.5) is 6.01 Å². The molecule has 1 aromatic heterocycles. The number of rotatable bonds is 4. The molecule has 0 radical (unpaired) electrons. The summed E-state index contributed by atoms with van der Waals surface area (Å²) < 4.78 is 11.2. The van der Waals surface area contributed by atoms with Crippen molar-refractivity contribution in [3.63, 3.8) is 0 Å². The summed E-state index contributed by atoms with van der Waals surface area (Å²) in [5, 5.41) is 3.07. The fraction of sp³-hybridized carbons (Fsp3) is 0.500. The van der Waals surface area contributed by atoms with Crippen molar-refractivity contribution in [1.29, 1.82) is 0 Å². The molecule has 1 amide bonds. The largest absolute Gasteiger partial charge is 0.424 e. The van der Waals surface area contributed by atoms with E-state index in [-0.39, 0.29) is 18.1 Å². The van der Waals surface area contributed by atoms with Crippen molar-refractivity contribution in [2.24, 2.45) is 0 Å². The highest BCUT2D eigenvalue weighted by atomic mass is 16.5. The lowest BCUT2D eigenvalue weighted by atomic mass is 10.2. The molecule has 2 heterocycles. The number of nitrogens with zero attached hydrogens (tertiary/aromatic N) is 2. The second kappa shape index (κ2) is 6.36. The summed E-state index contributed by atoms with van der Waals surface area (Å²) in [5.74, 6) is 0.130. The Morgan fingerprint density at radius 1 is 1.32 bits per heavy atom. The number of hydrogen-bond acceptors (Lipinski definition) is 5. The van der Waals surface area contributed by atoms with Gasteiger partial charge in [0.1, 0.15) is 5.52 Å². The Labute approximate surface area is 129 Å². The van der Waals surface area contributed by atoms with Gasteiger partial charge in [0, 0.05) is 26.1 Å². The van der Waals surface area contributed by atoms with Crippen molar-refractivity contribution in [2.75, 3.05) is 25.0 Å². The zero-order valence-corrected chi connectivity index (χ0v) is 12.9. The van der Waals surface area contributed by atoms with Crippen LogP contribution in [-0.2, 0) is 9.53 Å². The van der Waals surface area contributed by atoms with Gasteiger partial charge in [0.15, 0.2) is 5.58 Å². The lowest BCUT2D eigenvalue weighted by Crippen LogP contribution is -2.48. The molecule has 22 heavy (non-hydrogen) atoms. The Bertz CT molecular complexity index is 612. The molecule has 1 fully saturated rings. The van der Waals surface area contributed by atoms with E-state index >= 15 is 0 Å². The number of para-hydroxylation sites is 2. The molecular weight excluding hydrogens is 282 g/mol. The first-order chi connectivity index (χ1) is 10.6. The Hall–Kier alpha value is -2.08. The zero-order valence-electron chi connectivity index (χ0n) is 12.9. The van der Waals surface area contributed by atoms with Crippen molar-refractivity contribution >= 4 is 23.0 Å². The van der Waals surface area contributed by atoms with Crippen molar-refractivity contribution in [2.45, 2.75) is 32.5 Å². The van der Waals surface area contributed by atoms with Gasteiger partial charge >= 0.3 is 0 Å². The number of carbonyl (C=O) groups excluding carboxylic acids is 1. The van der Waals surface area contributed by atoms with E-state index in [1.165, 1.54) is 0 Å². The van der Waals surface area contributed by atoms with Crippen LogP contribution in [0.5, 0.6) is 0 Å². The minimum atomic E-state index is 0.0951. The van der Waals surface area contributed by atoms with E-state index in [4.69, 9.17) is 9.15 Å². The normalized spacial score (nSPS) is 22.0. The van der Waals surface area contributed by atoms with Crippen LogP contribution in [0.15, 0.2) is 28.7 Å². The van der Waals surface area contributed by atoms with Crippen molar-refractivity contribution in [3.8, 4) is 0 Å². The molecule has 0 bridgehead atoms. The molecular formula is C16H21N3O3. The maximum atomic E-state index is 12.2. The van der Waals surface area contributed by atoms with E-state index < -0.39 is 0 Å². The van der Waals surface area contributed by atoms with Gasteiger partial charge < -0.3 is 19.4 Å². The van der Waals surface area contributed by atoms with Crippen molar-refractivity contribution in [1.82, 2.24) is 9.88 Å². The topological polar surface area (TPSA) is 67.6 Å². The monoisotopic (exact) mass is 303 g/mol. The number of anilines is 1. The molecule has 1 saturated heterocycles. The second-order valence-corrected chi connectivity index (χ2v) is 5.72. The molecule has 2 atom stereocenters. The smallest absolute Gasteiger partial charge is 0.295 e. The Balaban J connectivity index is 1.51. The van der Waals surface area contributed by atoms with E-state index in [1.54, 1.807) is 0 Å². The SMILES string of the molecule is C[C@@H]1CN(C(=O)CCNc2nc3ccccc3o2)C[C@H](C)O1. The summed E-state index contributed by atoms with van der Waals surface area (Å²) in [5.41, 5.74) is 1.55. The number of aromatic nitrogens is 1. The number of fused-ring (bicyclic) bond motifs is 1. The molecule has 6 nitrogen and oxygen atoms in total. The summed E-state index contributed by atoms with van der Waals surface area (Å²) in [6.07, 6.45) is 0.605. The predicted octanol–water partition coefficient (Wildman–Crippen LogP) is 2.27. The molecule has 6 heteroatoms. The lowest BCUT2D eigenvalue weighted by Gasteiger charge is -2.35. The molecule has 0 spiro atoms. The Kier molecular flexibility index (Phi) is 4.29. The van der Waals surface area contributed by atoms with E-state index in [9.17, 15) is 4.79 Å². The summed E-state index contributed by atoms with van der Waals surface area (Å²) in [7, 11) is 0. The minimum absolute atomic E-state index is 0.0951. The summed E-state index contributed by atoms with van der Waals surface area (Å²) in [6, 6.07) is 8.04. The van der Waals surface area contributed by atoms with Crippen LogP contribution in [0.1, 0.15) is 20.3 Å². The predicted molar refractivity (Wildman–Crippen MR) is 83.7 cm³/mol. The van der Waals surface area contributed by atoms with E-state index in [2.05, 4.69) is 10.3 Å². The molecule has 0 aliphatic carbocycles. The van der Waals surface area contributed by atoms with Crippen LogP contribution in [0.2, 0.25) is 0 Å². The first-order valence-corrected chi connectivity index (χ1v) is 7.64. The molecule has 0 saturated carbocycles. The van der Waals surface area contributed by atoms with Gasteiger partial charge in [-0.3, -0.25) is 4.79 Å². The maximum Gasteiger partial charge on any atom is 0.295 e. The van der Waals surface area contributed by atoms with E-state index in [1.807, 2.05) is 43.0 Å². The minimum Gasteiger partial charge on any atom is -0.424 e. The van der Waals surface area contributed by atoms with Crippen LogP contribution in [0.25, 0.3) is 11.1 Å². The van der Waals surface area contributed by atoms with Gasteiger partial charge in [-0.15, -0.1) is 0 Å². The van der Waals surface area contributed by atoms with Crippen LogP contribution in [-0.4, -0.2) is 47.6 Å². The molecule has 1 aliphatic rings. The van der Waals surface area contributed by atoms with E-state index in [0.717, 1.165) is 11.1 Å². The van der Waals surface area contributed by atoms with Crippen LogP contribution in [0.3, 0.4) is 0 Å². The number of carbonyl (C=O) groups is 1. The first kappa shape index (κ1) is 14.8. The number of oxazole rings is 1. The summed E-state index contributed by atoms with van der Waals surface area (Å²) in [4.78, 5) is 18.4. The Morgan fingerprint density at radius 2 is 2.05 bits per heavy atom. The molecule has 1 N–H and O–H groups in total.